The molecule has 0 radical (unpaired) electrons. The molecule has 1 aromatic rings. The minimum absolute atomic E-state index is 0.0232. The summed E-state index contributed by atoms with van der Waals surface area (Å²) < 4.78 is 11.5. The first-order chi connectivity index (χ1) is 10.1. The second kappa shape index (κ2) is 6.64. The first kappa shape index (κ1) is 15.4. The van der Waals surface area contributed by atoms with Crippen molar-refractivity contribution >= 4 is 11.9 Å². The standard InChI is InChI=1S/C12H18N4O5/c1-8(11(17)15-3-5-21-6-4-15)16-9(7-20-2)10(12(18)19)13-14-16/h8H,3-7H2,1-2H3,(H,18,19). The van der Waals surface area contributed by atoms with Crippen LogP contribution in [-0.4, -0.2) is 70.3 Å². The second-order valence-corrected chi connectivity index (χ2v) is 4.68. The van der Waals surface area contributed by atoms with Gasteiger partial charge in [-0.2, -0.15) is 0 Å². The number of amides is 1. The number of hydrogen-bond donors (Lipinski definition) is 1. The number of carbonyl (C=O) groups excluding carboxylic acids is 1. The molecule has 21 heavy (non-hydrogen) atoms. The van der Waals surface area contributed by atoms with E-state index in [1.807, 2.05) is 0 Å². The third-order valence-corrected chi connectivity index (χ3v) is 3.32. The fourth-order valence-electron chi connectivity index (χ4n) is 2.21. The summed E-state index contributed by atoms with van der Waals surface area (Å²) >= 11 is 0. The molecule has 2 heterocycles. The molecule has 2 rings (SSSR count). The van der Waals surface area contributed by atoms with Gasteiger partial charge in [0.2, 0.25) is 5.91 Å². The molecule has 1 aliphatic rings. The van der Waals surface area contributed by atoms with Crippen LogP contribution in [0.1, 0.15) is 29.1 Å². The molecule has 1 saturated heterocycles. The predicted molar refractivity (Wildman–Crippen MR) is 69.8 cm³/mol. The van der Waals surface area contributed by atoms with Crippen LogP contribution in [-0.2, 0) is 20.9 Å². The highest BCUT2D eigenvalue weighted by Crippen LogP contribution is 2.16. The highest BCUT2D eigenvalue weighted by Gasteiger charge is 2.28. The maximum atomic E-state index is 12.4. The average Bonchev–Trinajstić information content (AvgIpc) is 2.91. The summed E-state index contributed by atoms with van der Waals surface area (Å²) in [6, 6.07) is -0.645. The molecular formula is C12H18N4O5. The van der Waals surface area contributed by atoms with Gasteiger partial charge in [0, 0.05) is 20.2 Å². The van der Waals surface area contributed by atoms with Crippen LogP contribution in [0.25, 0.3) is 0 Å². The van der Waals surface area contributed by atoms with Gasteiger partial charge in [-0.3, -0.25) is 4.79 Å². The Hall–Kier alpha value is -2.00. The van der Waals surface area contributed by atoms with Gasteiger partial charge < -0.3 is 19.5 Å². The minimum atomic E-state index is -1.20. The fourth-order valence-corrected chi connectivity index (χ4v) is 2.21. The number of aromatic carboxylic acids is 1. The SMILES string of the molecule is COCc1c(C(=O)O)nnn1C(C)C(=O)N1CCOCC1. The lowest BCUT2D eigenvalue weighted by Crippen LogP contribution is -2.44. The number of ether oxygens (including phenoxy) is 2. The summed E-state index contributed by atoms with van der Waals surface area (Å²) in [6.07, 6.45) is 0. The van der Waals surface area contributed by atoms with Gasteiger partial charge in [0.05, 0.1) is 19.8 Å². The molecule has 1 aromatic heterocycles. The molecule has 1 aliphatic heterocycles. The molecule has 0 aromatic carbocycles. The van der Waals surface area contributed by atoms with Gasteiger partial charge in [-0.05, 0) is 6.92 Å². The van der Waals surface area contributed by atoms with Crippen LogP contribution in [0.3, 0.4) is 0 Å². The van der Waals surface area contributed by atoms with Gasteiger partial charge in [0.1, 0.15) is 11.7 Å². The maximum absolute atomic E-state index is 12.4. The van der Waals surface area contributed by atoms with Crippen molar-refractivity contribution < 1.29 is 24.2 Å². The Bertz CT molecular complexity index is 524. The number of aromatic nitrogens is 3. The normalized spacial score (nSPS) is 16.8. The molecule has 1 unspecified atom stereocenters. The third kappa shape index (κ3) is 3.19. The number of morpholine rings is 1. The molecule has 0 bridgehead atoms. The predicted octanol–water partition coefficient (Wildman–Crippen LogP) is -0.457. The molecule has 1 fully saturated rings. The fraction of sp³-hybridized carbons (Fsp3) is 0.667. The number of carboxylic acids is 1. The Kier molecular flexibility index (Phi) is 4.86. The third-order valence-electron chi connectivity index (χ3n) is 3.32. The van der Waals surface area contributed by atoms with E-state index in [0.29, 0.717) is 26.3 Å². The highest BCUT2D eigenvalue weighted by molar-refractivity contribution is 5.87. The van der Waals surface area contributed by atoms with E-state index < -0.39 is 12.0 Å². The summed E-state index contributed by atoms with van der Waals surface area (Å²) in [7, 11) is 1.44. The van der Waals surface area contributed by atoms with Gasteiger partial charge in [-0.1, -0.05) is 5.21 Å². The second-order valence-electron chi connectivity index (χ2n) is 4.68. The smallest absolute Gasteiger partial charge is 0.358 e. The number of nitrogens with zero attached hydrogens (tertiary/aromatic N) is 4. The Morgan fingerprint density at radius 1 is 1.43 bits per heavy atom. The number of methoxy groups -OCH3 is 1. The molecule has 1 atom stereocenters. The highest BCUT2D eigenvalue weighted by atomic mass is 16.5. The van der Waals surface area contributed by atoms with Crippen molar-refractivity contribution in [3.8, 4) is 0 Å². The van der Waals surface area contributed by atoms with Crippen LogP contribution >= 0.6 is 0 Å². The van der Waals surface area contributed by atoms with Gasteiger partial charge in [0.25, 0.3) is 0 Å². The first-order valence-corrected chi connectivity index (χ1v) is 6.59. The van der Waals surface area contributed by atoms with E-state index in [2.05, 4.69) is 10.3 Å². The van der Waals surface area contributed by atoms with E-state index in [9.17, 15) is 9.59 Å². The van der Waals surface area contributed by atoms with Crippen LogP contribution in [0.2, 0.25) is 0 Å². The zero-order valence-electron chi connectivity index (χ0n) is 12.0. The summed E-state index contributed by atoms with van der Waals surface area (Å²) in [5.74, 6) is -1.34. The van der Waals surface area contributed by atoms with E-state index >= 15 is 0 Å². The van der Waals surface area contributed by atoms with Crippen molar-refractivity contribution in [3.63, 3.8) is 0 Å². The van der Waals surface area contributed by atoms with E-state index in [-0.39, 0.29) is 23.9 Å². The zero-order valence-corrected chi connectivity index (χ0v) is 12.0. The summed E-state index contributed by atoms with van der Waals surface area (Å²) in [5, 5.41) is 16.5. The van der Waals surface area contributed by atoms with Crippen LogP contribution in [0.15, 0.2) is 0 Å². The Morgan fingerprint density at radius 3 is 2.67 bits per heavy atom. The van der Waals surface area contributed by atoms with E-state index in [0.717, 1.165) is 0 Å². The van der Waals surface area contributed by atoms with Crippen molar-refractivity contribution in [1.29, 1.82) is 0 Å². The van der Waals surface area contributed by atoms with Crippen molar-refractivity contribution in [2.24, 2.45) is 0 Å². The molecule has 0 aliphatic carbocycles. The molecule has 0 spiro atoms. The summed E-state index contributed by atoms with van der Waals surface area (Å²) in [4.78, 5) is 25.2. The maximum Gasteiger partial charge on any atom is 0.358 e. The van der Waals surface area contributed by atoms with E-state index in [1.165, 1.54) is 11.8 Å². The topological polar surface area (TPSA) is 107 Å². The Balaban J connectivity index is 2.23. The van der Waals surface area contributed by atoms with Crippen LogP contribution in [0.4, 0.5) is 0 Å². The van der Waals surface area contributed by atoms with Crippen LogP contribution in [0.5, 0.6) is 0 Å². The monoisotopic (exact) mass is 298 g/mol. The number of hydrogen-bond acceptors (Lipinski definition) is 6. The molecule has 9 heteroatoms. The Labute approximate surface area is 121 Å². The first-order valence-electron chi connectivity index (χ1n) is 6.59. The largest absolute Gasteiger partial charge is 0.476 e. The van der Waals surface area contributed by atoms with Crippen LogP contribution in [0, 0.1) is 0 Å². The summed E-state index contributed by atoms with van der Waals surface area (Å²) in [5.41, 5.74) is 0.0811. The van der Waals surface area contributed by atoms with E-state index in [1.54, 1.807) is 11.8 Å². The summed E-state index contributed by atoms with van der Waals surface area (Å²) in [6.45, 7) is 3.72. The molecule has 116 valence electrons. The lowest BCUT2D eigenvalue weighted by molar-refractivity contribution is -0.138. The molecular weight excluding hydrogens is 280 g/mol. The number of rotatable bonds is 5. The van der Waals surface area contributed by atoms with Gasteiger partial charge in [0.15, 0.2) is 5.69 Å². The van der Waals surface area contributed by atoms with E-state index in [4.69, 9.17) is 14.6 Å². The molecule has 1 amide bonds. The molecule has 1 N–H and O–H groups in total. The number of carbonyl (C=O) groups is 2. The van der Waals surface area contributed by atoms with Crippen LogP contribution < -0.4 is 0 Å². The van der Waals surface area contributed by atoms with Crippen molar-refractivity contribution in [3.05, 3.63) is 11.4 Å². The lowest BCUT2D eigenvalue weighted by atomic mass is 10.2. The zero-order chi connectivity index (χ0) is 15.4. The lowest BCUT2D eigenvalue weighted by Gasteiger charge is -2.29. The molecule has 9 nitrogen and oxygen atoms in total. The molecule has 0 saturated carbocycles. The van der Waals surface area contributed by atoms with Crippen molar-refractivity contribution in [2.45, 2.75) is 19.6 Å². The average molecular weight is 298 g/mol. The van der Waals surface area contributed by atoms with Gasteiger partial charge in [-0.15, -0.1) is 5.10 Å². The number of carboxylic acid groups (broad SMARTS) is 1. The quantitative estimate of drug-likeness (QED) is 0.784. The van der Waals surface area contributed by atoms with Crippen molar-refractivity contribution in [1.82, 2.24) is 19.9 Å². The van der Waals surface area contributed by atoms with Crippen molar-refractivity contribution in [2.75, 3.05) is 33.4 Å². The van der Waals surface area contributed by atoms with Gasteiger partial charge in [-0.25, -0.2) is 9.48 Å². The minimum Gasteiger partial charge on any atom is -0.476 e. The van der Waals surface area contributed by atoms with Gasteiger partial charge >= 0.3 is 5.97 Å². The Morgan fingerprint density at radius 2 is 2.10 bits per heavy atom.